The van der Waals surface area contributed by atoms with E-state index in [-0.39, 0.29) is 0 Å². The second-order valence-electron chi connectivity index (χ2n) is 3.82. The summed E-state index contributed by atoms with van der Waals surface area (Å²) >= 11 is 6.11. The normalized spacial score (nSPS) is 27.8. The third-order valence-electron chi connectivity index (χ3n) is 2.63. The predicted molar refractivity (Wildman–Crippen MR) is 56.0 cm³/mol. The molecule has 0 unspecified atom stereocenters. The molecule has 0 radical (unpaired) electrons. The second-order valence-corrected chi connectivity index (χ2v) is 4.23. The van der Waals surface area contributed by atoms with Crippen LogP contribution in [0.2, 0.25) is 5.02 Å². The molecule has 1 aromatic rings. The lowest BCUT2D eigenvalue weighted by molar-refractivity contribution is 0.612. The molecule has 0 amide bonds. The van der Waals surface area contributed by atoms with Gasteiger partial charge in [-0.25, -0.2) is 0 Å². The average Bonchev–Trinajstić information content (AvgIpc) is 2.53. The number of hydrogen-bond donors (Lipinski definition) is 1. The summed E-state index contributed by atoms with van der Waals surface area (Å²) in [6.07, 6.45) is 1.20. The van der Waals surface area contributed by atoms with E-state index in [9.17, 15) is 0 Å². The minimum Gasteiger partial charge on any atom is -0.310 e. The first-order chi connectivity index (χ1) is 6.27. The van der Waals surface area contributed by atoms with Gasteiger partial charge < -0.3 is 5.32 Å². The zero-order valence-corrected chi connectivity index (χ0v) is 8.51. The van der Waals surface area contributed by atoms with Crippen LogP contribution in [0.3, 0.4) is 0 Å². The van der Waals surface area contributed by atoms with Crippen molar-refractivity contribution in [3.63, 3.8) is 0 Å². The van der Waals surface area contributed by atoms with Gasteiger partial charge in [-0.1, -0.05) is 36.7 Å². The molecule has 1 N–H and O–H groups in total. The molecule has 13 heavy (non-hydrogen) atoms. The Morgan fingerprint density at radius 3 is 2.77 bits per heavy atom. The van der Waals surface area contributed by atoms with Crippen molar-refractivity contribution in [2.45, 2.75) is 19.4 Å². The van der Waals surface area contributed by atoms with Gasteiger partial charge in [0.05, 0.1) is 0 Å². The molecule has 1 aliphatic rings. The van der Waals surface area contributed by atoms with Crippen LogP contribution in [0.15, 0.2) is 24.3 Å². The lowest BCUT2D eigenvalue weighted by Gasteiger charge is -2.11. The smallest absolute Gasteiger partial charge is 0.0453 e. The molecule has 2 heteroatoms. The van der Waals surface area contributed by atoms with Gasteiger partial charge in [-0.15, -0.1) is 0 Å². The molecule has 0 bridgehead atoms. The second kappa shape index (κ2) is 3.69. The van der Waals surface area contributed by atoms with Crippen LogP contribution in [0, 0.1) is 5.92 Å². The molecule has 1 nitrogen and oxygen atoms in total. The zero-order valence-electron chi connectivity index (χ0n) is 7.76. The number of nitrogens with one attached hydrogen (secondary N) is 1. The molecule has 2 rings (SSSR count). The molecule has 1 aliphatic heterocycles. The Morgan fingerprint density at radius 1 is 1.38 bits per heavy atom. The Hall–Kier alpha value is -0.530. The standard InChI is InChI=1S/C11H14ClN/c1-8-6-11(13-7-8)9-4-2-3-5-10(9)12/h2-5,8,11,13H,6-7H2,1H3/t8-,11+/m0/s1. The van der Waals surface area contributed by atoms with Crippen LogP contribution in [0.25, 0.3) is 0 Å². The maximum atomic E-state index is 6.11. The molecule has 0 aliphatic carbocycles. The van der Waals surface area contributed by atoms with Gasteiger partial charge >= 0.3 is 0 Å². The molecule has 70 valence electrons. The molecule has 0 spiro atoms. The first-order valence-electron chi connectivity index (χ1n) is 4.75. The van der Waals surface area contributed by atoms with E-state index in [2.05, 4.69) is 18.3 Å². The Balaban J connectivity index is 2.21. The van der Waals surface area contributed by atoms with E-state index >= 15 is 0 Å². The van der Waals surface area contributed by atoms with Crippen molar-refractivity contribution < 1.29 is 0 Å². The van der Waals surface area contributed by atoms with Crippen molar-refractivity contribution in [2.75, 3.05) is 6.54 Å². The highest BCUT2D eigenvalue weighted by Gasteiger charge is 2.23. The first-order valence-corrected chi connectivity index (χ1v) is 5.13. The van der Waals surface area contributed by atoms with Crippen LogP contribution in [-0.2, 0) is 0 Å². The van der Waals surface area contributed by atoms with E-state index in [1.807, 2.05) is 18.2 Å². The number of rotatable bonds is 1. The summed E-state index contributed by atoms with van der Waals surface area (Å²) in [5.74, 6) is 0.765. The van der Waals surface area contributed by atoms with Crippen LogP contribution in [0.1, 0.15) is 24.9 Å². The number of hydrogen-bond acceptors (Lipinski definition) is 1. The van der Waals surface area contributed by atoms with Gasteiger partial charge in [-0.3, -0.25) is 0 Å². The van der Waals surface area contributed by atoms with Crippen molar-refractivity contribution in [2.24, 2.45) is 5.92 Å². The third-order valence-corrected chi connectivity index (χ3v) is 2.98. The lowest BCUT2D eigenvalue weighted by Crippen LogP contribution is -2.13. The average molecular weight is 196 g/mol. The summed E-state index contributed by atoms with van der Waals surface area (Å²) < 4.78 is 0. The summed E-state index contributed by atoms with van der Waals surface area (Å²) in [5.41, 5.74) is 1.24. The number of halogens is 1. The highest BCUT2D eigenvalue weighted by atomic mass is 35.5. The fourth-order valence-corrected chi connectivity index (χ4v) is 2.17. The van der Waals surface area contributed by atoms with Gasteiger partial charge in [0.2, 0.25) is 0 Å². The van der Waals surface area contributed by atoms with Crippen LogP contribution in [-0.4, -0.2) is 6.54 Å². The van der Waals surface area contributed by atoms with Gasteiger partial charge in [-0.05, 0) is 30.5 Å². The van der Waals surface area contributed by atoms with Gasteiger partial charge in [0, 0.05) is 11.1 Å². The van der Waals surface area contributed by atoms with E-state index in [1.165, 1.54) is 12.0 Å². The summed E-state index contributed by atoms with van der Waals surface area (Å²) in [6.45, 7) is 3.37. The van der Waals surface area contributed by atoms with Gasteiger partial charge in [0.1, 0.15) is 0 Å². The van der Waals surface area contributed by atoms with Crippen LogP contribution in [0.4, 0.5) is 0 Å². The topological polar surface area (TPSA) is 12.0 Å². The summed E-state index contributed by atoms with van der Waals surface area (Å²) in [5, 5.41) is 4.36. The number of benzene rings is 1. The summed E-state index contributed by atoms with van der Waals surface area (Å²) in [7, 11) is 0. The van der Waals surface area contributed by atoms with Crippen LogP contribution < -0.4 is 5.32 Å². The van der Waals surface area contributed by atoms with E-state index in [0.29, 0.717) is 6.04 Å². The van der Waals surface area contributed by atoms with Crippen LogP contribution >= 0.6 is 11.6 Å². The fraction of sp³-hybridized carbons (Fsp3) is 0.455. The van der Waals surface area contributed by atoms with Crippen molar-refractivity contribution in [3.05, 3.63) is 34.9 Å². The SMILES string of the molecule is C[C@@H]1CN[C@@H](c2ccccc2Cl)C1. The lowest BCUT2D eigenvalue weighted by atomic mass is 10.0. The van der Waals surface area contributed by atoms with Crippen molar-refractivity contribution in [3.8, 4) is 0 Å². The van der Waals surface area contributed by atoms with Crippen LogP contribution in [0.5, 0.6) is 0 Å². The molecule has 1 heterocycles. The molecule has 1 aromatic carbocycles. The van der Waals surface area contributed by atoms with Gasteiger partial charge in [0.25, 0.3) is 0 Å². The molecular weight excluding hydrogens is 182 g/mol. The fourth-order valence-electron chi connectivity index (χ4n) is 1.91. The Kier molecular flexibility index (Phi) is 2.56. The third kappa shape index (κ3) is 1.87. The minimum absolute atomic E-state index is 0.462. The van der Waals surface area contributed by atoms with Crippen molar-refractivity contribution >= 4 is 11.6 Å². The van der Waals surface area contributed by atoms with E-state index in [4.69, 9.17) is 11.6 Å². The first kappa shape index (κ1) is 9.04. The van der Waals surface area contributed by atoms with Gasteiger partial charge in [-0.2, -0.15) is 0 Å². The molecular formula is C11H14ClN. The molecule has 1 saturated heterocycles. The van der Waals surface area contributed by atoms with Crippen molar-refractivity contribution in [1.82, 2.24) is 5.32 Å². The van der Waals surface area contributed by atoms with Gasteiger partial charge in [0.15, 0.2) is 0 Å². The van der Waals surface area contributed by atoms with E-state index < -0.39 is 0 Å². The summed E-state index contributed by atoms with van der Waals surface area (Å²) in [6, 6.07) is 8.55. The molecule has 1 fully saturated rings. The Bertz CT molecular complexity index is 298. The zero-order chi connectivity index (χ0) is 9.26. The monoisotopic (exact) mass is 195 g/mol. The quantitative estimate of drug-likeness (QED) is 0.727. The highest BCUT2D eigenvalue weighted by Crippen LogP contribution is 2.30. The van der Waals surface area contributed by atoms with Crippen molar-refractivity contribution in [1.29, 1.82) is 0 Å². The Morgan fingerprint density at radius 2 is 2.15 bits per heavy atom. The highest BCUT2D eigenvalue weighted by molar-refractivity contribution is 6.31. The molecule has 2 atom stereocenters. The predicted octanol–water partition coefficient (Wildman–Crippen LogP) is 3.01. The minimum atomic E-state index is 0.462. The molecule has 0 aromatic heterocycles. The maximum absolute atomic E-state index is 6.11. The largest absolute Gasteiger partial charge is 0.310 e. The van der Waals surface area contributed by atoms with E-state index in [1.54, 1.807) is 0 Å². The Labute approximate surface area is 84.1 Å². The molecule has 0 saturated carbocycles. The maximum Gasteiger partial charge on any atom is 0.0453 e. The summed E-state index contributed by atoms with van der Waals surface area (Å²) in [4.78, 5) is 0. The van der Waals surface area contributed by atoms with E-state index in [0.717, 1.165) is 17.5 Å².